The van der Waals surface area contributed by atoms with Gasteiger partial charge in [-0.25, -0.2) is 0 Å². The van der Waals surface area contributed by atoms with Gasteiger partial charge in [0.2, 0.25) is 0 Å². The summed E-state index contributed by atoms with van der Waals surface area (Å²) in [6, 6.07) is 5.90. The molecule has 1 spiro atoms. The highest BCUT2D eigenvalue weighted by atomic mass is 16.5. The molecule has 152 valence electrons. The summed E-state index contributed by atoms with van der Waals surface area (Å²) in [6.07, 6.45) is 2.35. The Hall–Kier alpha value is -2.05. The molecule has 2 aliphatic rings. The summed E-state index contributed by atoms with van der Waals surface area (Å²) < 4.78 is 7.47. The molecule has 1 amide bonds. The van der Waals surface area contributed by atoms with Crippen molar-refractivity contribution in [3.05, 3.63) is 29.5 Å². The first kappa shape index (κ1) is 19.3. The van der Waals surface area contributed by atoms with Crippen molar-refractivity contribution in [1.29, 1.82) is 0 Å². The number of aliphatic hydroxyl groups is 1. The van der Waals surface area contributed by atoms with Crippen LogP contribution in [0, 0.1) is 12.3 Å². The topological polar surface area (TPSA) is 57.9 Å². The molecule has 0 aliphatic carbocycles. The van der Waals surface area contributed by atoms with Gasteiger partial charge in [0.15, 0.2) is 0 Å². The van der Waals surface area contributed by atoms with Gasteiger partial charge < -0.3 is 24.2 Å². The number of benzene rings is 1. The molecule has 28 heavy (non-hydrogen) atoms. The Morgan fingerprint density at radius 1 is 1.25 bits per heavy atom. The number of nitrogens with zero attached hydrogens (tertiary/aromatic N) is 3. The Bertz CT molecular complexity index is 906. The van der Waals surface area contributed by atoms with Gasteiger partial charge in [-0.1, -0.05) is 0 Å². The molecule has 2 aromatic rings. The molecule has 3 heterocycles. The highest BCUT2D eigenvalue weighted by molar-refractivity contribution is 6.08. The molecule has 2 aliphatic heterocycles. The fraction of sp³-hybridized carbons (Fsp3) is 0.591. The zero-order valence-corrected chi connectivity index (χ0v) is 17.4. The lowest BCUT2D eigenvalue weighted by Gasteiger charge is -2.50. The van der Waals surface area contributed by atoms with Crippen molar-refractivity contribution in [3.8, 4) is 5.75 Å². The average Bonchev–Trinajstić information content (AvgIpc) is 2.94. The van der Waals surface area contributed by atoms with Crippen molar-refractivity contribution in [2.24, 2.45) is 12.5 Å². The molecule has 1 aromatic carbocycles. The molecule has 0 bridgehead atoms. The van der Waals surface area contributed by atoms with Gasteiger partial charge in [-0.3, -0.25) is 4.79 Å². The van der Waals surface area contributed by atoms with Crippen LogP contribution >= 0.6 is 0 Å². The van der Waals surface area contributed by atoms with Crippen LogP contribution in [0.3, 0.4) is 0 Å². The largest absolute Gasteiger partial charge is 0.497 e. The second-order valence-corrected chi connectivity index (χ2v) is 8.64. The van der Waals surface area contributed by atoms with Crippen molar-refractivity contribution in [3.63, 3.8) is 0 Å². The third-order valence-electron chi connectivity index (χ3n) is 6.88. The smallest absolute Gasteiger partial charge is 0.256 e. The summed E-state index contributed by atoms with van der Waals surface area (Å²) in [5, 5.41) is 11.7. The molecule has 2 atom stereocenters. The van der Waals surface area contributed by atoms with Gasteiger partial charge in [-0.05, 0) is 51.4 Å². The van der Waals surface area contributed by atoms with Crippen LogP contribution in [-0.4, -0.2) is 71.8 Å². The van der Waals surface area contributed by atoms with Gasteiger partial charge in [0.25, 0.3) is 5.91 Å². The molecule has 0 unspecified atom stereocenters. The number of aliphatic hydroxyl groups excluding tert-OH is 1. The van der Waals surface area contributed by atoms with Crippen LogP contribution < -0.4 is 4.74 Å². The van der Waals surface area contributed by atoms with Crippen LogP contribution in [0.25, 0.3) is 10.9 Å². The third-order valence-corrected chi connectivity index (χ3v) is 6.88. The molecule has 1 N–H and O–H groups in total. The van der Waals surface area contributed by atoms with E-state index in [1.807, 2.05) is 37.1 Å². The van der Waals surface area contributed by atoms with E-state index in [1.54, 1.807) is 7.11 Å². The summed E-state index contributed by atoms with van der Waals surface area (Å²) in [6.45, 7) is 5.13. The quantitative estimate of drug-likeness (QED) is 0.863. The van der Waals surface area contributed by atoms with Crippen molar-refractivity contribution in [2.75, 3.05) is 40.3 Å². The van der Waals surface area contributed by atoms with E-state index in [2.05, 4.69) is 16.5 Å². The number of likely N-dealkylation sites (tertiary alicyclic amines) is 2. The van der Waals surface area contributed by atoms with E-state index in [4.69, 9.17) is 4.74 Å². The fourth-order valence-corrected chi connectivity index (χ4v) is 5.21. The van der Waals surface area contributed by atoms with Crippen LogP contribution in [-0.2, 0) is 7.05 Å². The number of aromatic nitrogens is 1. The summed E-state index contributed by atoms with van der Waals surface area (Å²) in [5.74, 6) is 0.822. The predicted octanol–water partition coefficient (Wildman–Crippen LogP) is 2.41. The van der Waals surface area contributed by atoms with Crippen molar-refractivity contribution < 1.29 is 14.6 Å². The molecule has 0 radical (unpaired) electrons. The first-order valence-electron chi connectivity index (χ1n) is 10.2. The van der Waals surface area contributed by atoms with E-state index in [9.17, 15) is 9.90 Å². The van der Waals surface area contributed by atoms with Gasteiger partial charge in [0, 0.05) is 55.2 Å². The minimum absolute atomic E-state index is 0.0656. The number of hydrogen-bond donors (Lipinski definition) is 1. The predicted molar refractivity (Wildman–Crippen MR) is 110 cm³/mol. The highest BCUT2D eigenvalue weighted by Gasteiger charge is 2.46. The zero-order valence-electron chi connectivity index (χ0n) is 17.4. The average molecular weight is 386 g/mol. The fourth-order valence-electron chi connectivity index (χ4n) is 5.21. The molecular formula is C22H31N3O3. The Labute approximate surface area is 166 Å². The van der Waals surface area contributed by atoms with E-state index in [0.29, 0.717) is 6.54 Å². The van der Waals surface area contributed by atoms with Gasteiger partial charge in [-0.15, -0.1) is 0 Å². The maximum atomic E-state index is 13.6. The molecule has 2 saturated heterocycles. The van der Waals surface area contributed by atoms with E-state index < -0.39 is 0 Å². The number of aryl methyl sites for hydroxylation is 1. The van der Waals surface area contributed by atoms with Crippen LogP contribution in [0.2, 0.25) is 0 Å². The van der Waals surface area contributed by atoms with Crippen LogP contribution in [0.1, 0.15) is 35.3 Å². The second kappa shape index (κ2) is 7.08. The van der Waals surface area contributed by atoms with E-state index >= 15 is 0 Å². The van der Waals surface area contributed by atoms with E-state index in [0.717, 1.165) is 66.8 Å². The first-order chi connectivity index (χ1) is 13.4. The number of carbonyl (C=O) groups excluding carboxylic acids is 1. The third kappa shape index (κ3) is 2.99. The number of carbonyl (C=O) groups is 1. The maximum Gasteiger partial charge on any atom is 0.256 e. The Kier molecular flexibility index (Phi) is 4.88. The Morgan fingerprint density at radius 3 is 2.79 bits per heavy atom. The summed E-state index contributed by atoms with van der Waals surface area (Å²) in [7, 11) is 5.75. The molecule has 0 saturated carbocycles. The Balaban J connectivity index is 1.70. The molecular weight excluding hydrogens is 354 g/mol. The first-order valence-corrected chi connectivity index (χ1v) is 10.2. The second-order valence-electron chi connectivity index (χ2n) is 8.64. The van der Waals surface area contributed by atoms with E-state index in [1.165, 1.54) is 0 Å². The number of hydrogen-bond acceptors (Lipinski definition) is 4. The lowest BCUT2D eigenvalue weighted by Crippen LogP contribution is -2.59. The lowest BCUT2D eigenvalue weighted by molar-refractivity contribution is -0.0730. The van der Waals surface area contributed by atoms with Crippen molar-refractivity contribution in [2.45, 2.75) is 32.3 Å². The number of piperidine rings is 2. The number of fused-ring (bicyclic) bond motifs is 1. The zero-order chi connectivity index (χ0) is 20.1. The molecule has 6 nitrogen and oxygen atoms in total. The number of amides is 1. The minimum Gasteiger partial charge on any atom is -0.497 e. The number of methoxy groups -OCH3 is 1. The number of ether oxygens (including phenoxy) is 1. The normalized spacial score (nSPS) is 26.2. The summed E-state index contributed by atoms with van der Waals surface area (Å²) in [4.78, 5) is 17.9. The minimum atomic E-state index is -0.340. The maximum absolute atomic E-state index is 13.6. The van der Waals surface area contributed by atoms with Crippen LogP contribution in [0.4, 0.5) is 0 Å². The standard InChI is InChI=1S/C22H31N3O3/c1-15-20(17-12-16(28-4)6-7-18(17)24(15)3)21(27)25-10-5-9-22(14-25)13-23(2)11-8-19(22)26/h6-7,12,19,26H,5,8-11,13-14H2,1-4H3/t19-,22-/m0/s1. The van der Waals surface area contributed by atoms with Gasteiger partial charge >= 0.3 is 0 Å². The van der Waals surface area contributed by atoms with Gasteiger partial charge in [-0.2, -0.15) is 0 Å². The SMILES string of the molecule is COc1ccc2c(c1)c(C(=O)N1CCC[C@]3(CN(C)CC[C@@H]3O)C1)c(C)n2C. The van der Waals surface area contributed by atoms with E-state index in [-0.39, 0.29) is 17.4 Å². The van der Waals surface area contributed by atoms with Crippen LogP contribution in [0.5, 0.6) is 5.75 Å². The molecule has 2 fully saturated rings. The van der Waals surface area contributed by atoms with Crippen molar-refractivity contribution in [1.82, 2.24) is 14.4 Å². The van der Waals surface area contributed by atoms with Gasteiger partial charge in [0.1, 0.15) is 5.75 Å². The van der Waals surface area contributed by atoms with Gasteiger partial charge in [0.05, 0.1) is 18.8 Å². The Morgan fingerprint density at radius 2 is 2.04 bits per heavy atom. The molecule has 6 heteroatoms. The molecule has 1 aromatic heterocycles. The summed E-state index contributed by atoms with van der Waals surface area (Å²) in [5.41, 5.74) is 2.55. The number of rotatable bonds is 2. The molecule has 4 rings (SSSR count). The summed E-state index contributed by atoms with van der Waals surface area (Å²) >= 11 is 0. The van der Waals surface area contributed by atoms with Crippen molar-refractivity contribution >= 4 is 16.8 Å². The van der Waals surface area contributed by atoms with Crippen LogP contribution in [0.15, 0.2) is 18.2 Å². The lowest BCUT2D eigenvalue weighted by atomic mass is 9.71. The monoisotopic (exact) mass is 385 g/mol. The highest BCUT2D eigenvalue weighted by Crippen LogP contribution is 2.39.